The standard InChI is InChI=1S/C20H22N2O/c1-12(23)21-18-9-8-17-15-6-2-4-13(15)10-22-11-14-5-3-7-16(14)19(18)20(17)22/h2-3,6-9,13-16H,4-5,10-11H2,1H3,(H,21,23). The van der Waals surface area contributed by atoms with Crippen LogP contribution in [0.15, 0.2) is 36.4 Å². The quantitative estimate of drug-likeness (QED) is 0.800. The van der Waals surface area contributed by atoms with Crippen molar-refractivity contribution in [3.63, 3.8) is 0 Å². The molecule has 0 bridgehead atoms. The average molecular weight is 306 g/mol. The highest BCUT2D eigenvalue weighted by Gasteiger charge is 2.43. The van der Waals surface area contributed by atoms with Crippen molar-refractivity contribution in [3.8, 4) is 0 Å². The Labute approximate surface area is 137 Å². The lowest BCUT2D eigenvalue weighted by molar-refractivity contribution is -0.114. The van der Waals surface area contributed by atoms with Crippen LogP contribution in [0.5, 0.6) is 0 Å². The van der Waals surface area contributed by atoms with E-state index in [1.54, 1.807) is 6.92 Å². The Hall–Kier alpha value is -2.03. The summed E-state index contributed by atoms with van der Waals surface area (Å²) in [6, 6.07) is 4.39. The van der Waals surface area contributed by atoms with Crippen LogP contribution in [0.2, 0.25) is 0 Å². The molecular weight excluding hydrogens is 284 g/mol. The van der Waals surface area contributed by atoms with Crippen LogP contribution in [0.4, 0.5) is 11.4 Å². The van der Waals surface area contributed by atoms with Crippen LogP contribution in [-0.4, -0.2) is 19.0 Å². The number of nitrogens with zero attached hydrogens (tertiary/aromatic N) is 1. The van der Waals surface area contributed by atoms with E-state index in [2.05, 4.69) is 46.7 Å². The van der Waals surface area contributed by atoms with Crippen LogP contribution in [-0.2, 0) is 4.79 Å². The van der Waals surface area contributed by atoms with Crippen LogP contribution in [0.1, 0.15) is 42.7 Å². The van der Waals surface area contributed by atoms with Gasteiger partial charge in [0.2, 0.25) is 5.91 Å². The number of carbonyl (C=O) groups excluding carboxylic acids is 1. The summed E-state index contributed by atoms with van der Waals surface area (Å²) >= 11 is 0. The lowest BCUT2D eigenvalue weighted by Crippen LogP contribution is -2.44. The second kappa shape index (κ2) is 4.73. The molecule has 0 fully saturated rings. The van der Waals surface area contributed by atoms with E-state index < -0.39 is 0 Å². The number of hydrogen-bond donors (Lipinski definition) is 1. The first-order valence-corrected chi connectivity index (χ1v) is 8.75. The summed E-state index contributed by atoms with van der Waals surface area (Å²) in [6.45, 7) is 3.92. The molecule has 2 aliphatic carbocycles. The maximum atomic E-state index is 11.7. The Bertz CT molecular complexity index is 746. The molecule has 1 aromatic carbocycles. The molecule has 4 aliphatic rings. The van der Waals surface area contributed by atoms with Gasteiger partial charge in [-0.25, -0.2) is 0 Å². The van der Waals surface area contributed by atoms with E-state index in [9.17, 15) is 4.79 Å². The summed E-state index contributed by atoms with van der Waals surface area (Å²) in [5, 5.41) is 3.08. The van der Waals surface area contributed by atoms with Gasteiger partial charge in [0.25, 0.3) is 0 Å². The predicted molar refractivity (Wildman–Crippen MR) is 92.9 cm³/mol. The molecule has 118 valence electrons. The minimum Gasteiger partial charge on any atom is -0.370 e. The van der Waals surface area contributed by atoms with E-state index in [1.165, 1.54) is 23.2 Å². The smallest absolute Gasteiger partial charge is 0.221 e. The van der Waals surface area contributed by atoms with E-state index in [1.807, 2.05) is 0 Å². The molecule has 4 atom stereocenters. The Morgan fingerprint density at radius 1 is 1.09 bits per heavy atom. The molecule has 0 aromatic heterocycles. The number of carbonyl (C=O) groups is 1. The Kier molecular flexibility index (Phi) is 2.76. The Balaban J connectivity index is 1.73. The number of amides is 1. The molecule has 1 N–H and O–H groups in total. The van der Waals surface area contributed by atoms with Crippen molar-refractivity contribution in [2.45, 2.75) is 31.6 Å². The zero-order chi connectivity index (χ0) is 15.6. The third-order valence-corrected chi connectivity index (χ3v) is 6.06. The first kappa shape index (κ1) is 13.4. The molecule has 1 amide bonds. The molecule has 3 nitrogen and oxygen atoms in total. The van der Waals surface area contributed by atoms with Crippen LogP contribution in [0.3, 0.4) is 0 Å². The maximum Gasteiger partial charge on any atom is 0.221 e. The maximum absolute atomic E-state index is 11.7. The van der Waals surface area contributed by atoms with E-state index in [0.717, 1.165) is 31.1 Å². The number of fused-ring (bicyclic) bond motifs is 4. The molecule has 0 radical (unpaired) electrons. The number of nitrogens with one attached hydrogen (secondary N) is 1. The molecule has 5 rings (SSSR count). The topological polar surface area (TPSA) is 32.3 Å². The van der Waals surface area contributed by atoms with Crippen LogP contribution >= 0.6 is 0 Å². The summed E-state index contributed by atoms with van der Waals surface area (Å²) < 4.78 is 0. The first-order chi connectivity index (χ1) is 11.2. The van der Waals surface area contributed by atoms with Gasteiger partial charge in [0, 0.05) is 48.8 Å². The van der Waals surface area contributed by atoms with Crippen molar-refractivity contribution in [2.75, 3.05) is 23.3 Å². The lowest BCUT2D eigenvalue weighted by Gasteiger charge is -2.46. The van der Waals surface area contributed by atoms with E-state index in [0.29, 0.717) is 17.8 Å². The molecule has 1 aromatic rings. The third kappa shape index (κ3) is 1.85. The van der Waals surface area contributed by atoms with Gasteiger partial charge in [0.1, 0.15) is 0 Å². The van der Waals surface area contributed by atoms with Gasteiger partial charge in [-0.15, -0.1) is 0 Å². The van der Waals surface area contributed by atoms with Gasteiger partial charge in [-0.3, -0.25) is 4.79 Å². The second-order valence-corrected chi connectivity index (χ2v) is 7.45. The van der Waals surface area contributed by atoms with Gasteiger partial charge >= 0.3 is 0 Å². The van der Waals surface area contributed by atoms with Crippen LogP contribution < -0.4 is 10.2 Å². The second-order valence-electron chi connectivity index (χ2n) is 7.45. The number of hydrogen-bond acceptors (Lipinski definition) is 2. The fourth-order valence-electron chi connectivity index (χ4n) is 5.18. The highest BCUT2D eigenvalue weighted by Crippen LogP contribution is 2.54. The van der Waals surface area contributed by atoms with Crippen molar-refractivity contribution in [1.29, 1.82) is 0 Å². The van der Waals surface area contributed by atoms with E-state index in [4.69, 9.17) is 0 Å². The van der Waals surface area contributed by atoms with Gasteiger partial charge < -0.3 is 10.2 Å². The highest BCUT2D eigenvalue weighted by molar-refractivity contribution is 5.92. The van der Waals surface area contributed by atoms with Crippen molar-refractivity contribution >= 4 is 17.3 Å². The minimum atomic E-state index is 0.0197. The number of rotatable bonds is 1. The molecule has 0 saturated heterocycles. The molecule has 0 spiro atoms. The fraction of sp³-hybridized carbons (Fsp3) is 0.450. The first-order valence-electron chi connectivity index (χ1n) is 8.75. The van der Waals surface area contributed by atoms with Gasteiger partial charge in [0.15, 0.2) is 0 Å². The van der Waals surface area contributed by atoms with Crippen molar-refractivity contribution < 1.29 is 4.79 Å². The molecule has 2 aliphatic heterocycles. The number of benzene rings is 1. The summed E-state index contributed by atoms with van der Waals surface area (Å²) in [4.78, 5) is 14.3. The fourth-order valence-corrected chi connectivity index (χ4v) is 5.18. The molecule has 3 heteroatoms. The van der Waals surface area contributed by atoms with Crippen LogP contribution in [0.25, 0.3) is 0 Å². The predicted octanol–water partition coefficient (Wildman–Crippen LogP) is 3.80. The van der Waals surface area contributed by atoms with Crippen LogP contribution in [0, 0.1) is 11.8 Å². The average Bonchev–Trinajstić information content (AvgIpc) is 3.16. The number of anilines is 2. The van der Waals surface area contributed by atoms with Crippen molar-refractivity contribution in [2.24, 2.45) is 11.8 Å². The van der Waals surface area contributed by atoms with Gasteiger partial charge in [-0.2, -0.15) is 0 Å². The van der Waals surface area contributed by atoms with Gasteiger partial charge in [0.05, 0.1) is 0 Å². The van der Waals surface area contributed by atoms with E-state index in [-0.39, 0.29) is 5.91 Å². The summed E-state index contributed by atoms with van der Waals surface area (Å²) in [7, 11) is 0. The highest BCUT2D eigenvalue weighted by atomic mass is 16.1. The molecule has 4 unspecified atom stereocenters. The third-order valence-electron chi connectivity index (χ3n) is 6.06. The summed E-state index contributed by atoms with van der Waals surface area (Å²) in [5.74, 6) is 2.44. The lowest BCUT2D eigenvalue weighted by atomic mass is 9.74. The summed E-state index contributed by atoms with van der Waals surface area (Å²) in [6.07, 6.45) is 11.8. The molecule has 0 saturated carbocycles. The summed E-state index contributed by atoms with van der Waals surface area (Å²) in [5.41, 5.74) is 5.26. The normalized spacial score (nSPS) is 32.5. The van der Waals surface area contributed by atoms with Gasteiger partial charge in [-0.05, 0) is 36.3 Å². The Morgan fingerprint density at radius 3 is 2.52 bits per heavy atom. The largest absolute Gasteiger partial charge is 0.370 e. The number of allylic oxidation sites excluding steroid dienone is 4. The van der Waals surface area contributed by atoms with E-state index >= 15 is 0 Å². The molecular formula is C20H22N2O. The zero-order valence-corrected chi connectivity index (χ0v) is 13.5. The molecule has 2 heterocycles. The van der Waals surface area contributed by atoms with Crippen molar-refractivity contribution in [3.05, 3.63) is 47.6 Å². The zero-order valence-electron chi connectivity index (χ0n) is 13.5. The minimum absolute atomic E-state index is 0.0197. The molecule has 23 heavy (non-hydrogen) atoms. The SMILES string of the molecule is CC(=O)Nc1ccc2c3c1C1C=CCC1CN3CC1CC=CC21. The van der Waals surface area contributed by atoms with Gasteiger partial charge in [-0.1, -0.05) is 30.4 Å². The van der Waals surface area contributed by atoms with Crippen molar-refractivity contribution in [1.82, 2.24) is 0 Å². The Morgan fingerprint density at radius 2 is 1.78 bits per heavy atom. The monoisotopic (exact) mass is 306 g/mol.